The lowest BCUT2D eigenvalue weighted by Gasteiger charge is -2.26. The van der Waals surface area contributed by atoms with Gasteiger partial charge < -0.3 is 10.2 Å². The molecule has 6 rings (SSSR count). The zero-order valence-corrected chi connectivity index (χ0v) is 31.0. The number of phenolic OH excluding ortho intramolecular Hbond substituents is 2. The average Bonchev–Trinajstić information content (AvgIpc) is 3.54. The zero-order chi connectivity index (χ0) is 35.3. The summed E-state index contributed by atoms with van der Waals surface area (Å²) >= 11 is 1.58. The average molecular weight is 666 g/mol. The number of aromatic hydroxyl groups is 2. The number of phenols is 2. The van der Waals surface area contributed by atoms with Gasteiger partial charge in [0.25, 0.3) is 0 Å². The van der Waals surface area contributed by atoms with Gasteiger partial charge in [0.1, 0.15) is 16.5 Å². The Labute approximate surface area is 296 Å². The predicted molar refractivity (Wildman–Crippen MR) is 209 cm³/mol. The fourth-order valence-corrected chi connectivity index (χ4v) is 7.23. The van der Waals surface area contributed by atoms with Crippen LogP contribution in [0.25, 0.3) is 55.2 Å². The molecule has 0 radical (unpaired) electrons. The van der Waals surface area contributed by atoms with E-state index in [1.54, 1.807) is 11.3 Å². The highest BCUT2D eigenvalue weighted by Crippen LogP contribution is 2.46. The van der Waals surface area contributed by atoms with E-state index in [0.29, 0.717) is 5.75 Å². The van der Waals surface area contributed by atoms with Crippen LogP contribution in [0.5, 0.6) is 11.5 Å². The van der Waals surface area contributed by atoms with Gasteiger partial charge in [-0.05, 0) is 49.6 Å². The van der Waals surface area contributed by atoms with Gasteiger partial charge >= 0.3 is 0 Å². The Hall–Kier alpha value is -4.67. The second kappa shape index (κ2) is 12.7. The van der Waals surface area contributed by atoms with Crippen LogP contribution in [0.2, 0.25) is 0 Å². The van der Waals surface area contributed by atoms with Crippen LogP contribution in [0, 0.1) is 0 Å². The van der Waals surface area contributed by atoms with Crippen molar-refractivity contribution < 1.29 is 10.2 Å². The topological polar surface area (TPSA) is 53.4 Å². The SMILES string of the molecule is CC(C)(C)c1cc(-c2cccc(-c3ccccc3-c3nc(-c4ccccc4-c4cccc(C(C)(C)C)c4O)cs3)c2O)cc(C(C)(C)C)c1. The molecule has 3 nitrogen and oxygen atoms in total. The third kappa shape index (κ3) is 6.80. The highest BCUT2D eigenvalue weighted by molar-refractivity contribution is 7.13. The normalized spacial score (nSPS) is 12.3. The Bertz CT molecular complexity index is 2120. The van der Waals surface area contributed by atoms with E-state index in [0.717, 1.165) is 60.8 Å². The van der Waals surface area contributed by atoms with Crippen molar-refractivity contribution >= 4 is 11.3 Å². The molecule has 0 fully saturated rings. The number of hydrogen-bond donors (Lipinski definition) is 2. The third-order valence-corrected chi connectivity index (χ3v) is 10.2. The molecule has 1 aromatic heterocycles. The maximum atomic E-state index is 12.0. The van der Waals surface area contributed by atoms with Gasteiger partial charge in [0.05, 0.1) is 5.69 Å². The largest absolute Gasteiger partial charge is 0.507 e. The van der Waals surface area contributed by atoms with E-state index in [2.05, 4.69) is 104 Å². The van der Waals surface area contributed by atoms with E-state index >= 15 is 0 Å². The van der Waals surface area contributed by atoms with Gasteiger partial charge in [-0.1, -0.05) is 165 Å². The Balaban J connectivity index is 1.44. The summed E-state index contributed by atoms with van der Waals surface area (Å²) in [5, 5.41) is 26.3. The summed E-state index contributed by atoms with van der Waals surface area (Å²) in [6.07, 6.45) is 0. The van der Waals surface area contributed by atoms with Crippen molar-refractivity contribution in [3.05, 3.63) is 125 Å². The molecule has 0 spiro atoms. The van der Waals surface area contributed by atoms with Crippen LogP contribution < -0.4 is 0 Å². The lowest BCUT2D eigenvalue weighted by molar-refractivity contribution is 0.448. The first-order valence-electron chi connectivity index (χ1n) is 17.0. The second-order valence-corrected chi connectivity index (χ2v) is 16.9. The van der Waals surface area contributed by atoms with Crippen molar-refractivity contribution in [2.45, 2.75) is 78.6 Å². The number of aromatic nitrogens is 1. The molecule has 2 N–H and O–H groups in total. The molecular formula is C45H47NO2S. The Morgan fingerprint density at radius 2 is 0.939 bits per heavy atom. The van der Waals surface area contributed by atoms with Gasteiger partial charge in [0.2, 0.25) is 0 Å². The molecule has 5 aromatic carbocycles. The van der Waals surface area contributed by atoms with Gasteiger partial charge in [0.15, 0.2) is 0 Å². The number of para-hydroxylation sites is 2. The number of benzene rings is 5. The van der Waals surface area contributed by atoms with E-state index in [-0.39, 0.29) is 22.0 Å². The first-order valence-corrected chi connectivity index (χ1v) is 17.9. The quantitative estimate of drug-likeness (QED) is 0.193. The molecule has 6 aromatic rings. The van der Waals surface area contributed by atoms with Crippen LogP contribution in [0.15, 0.2) is 109 Å². The van der Waals surface area contributed by atoms with E-state index in [1.807, 2.05) is 66.7 Å². The predicted octanol–water partition coefficient (Wildman–Crippen LogP) is 12.8. The molecule has 0 saturated heterocycles. The lowest BCUT2D eigenvalue weighted by atomic mass is 9.78. The van der Waals surface area contributed by atoms with Crippen molar-refractivity contribution in [2.24, 2.45) is 0 Å². The molecule has 250 valence electrons. The first kappa shape index (κ1) is 34.2. The minimum absolute atomic E-state index is 0.0366. The molecule has 0 unspecified atom stereocenters. The Morgan fingerprint density at radius 3 is 1.51 bits per heavy atom. The molecular weight excluding hydrogens is 619 g/mol. The maximum absolute atomic E-state index is 12.0. The molecule has 0 amide bonds. The van der Waals surface area contributed by atoms with Crippen LogP contribution in [0.4, 0.5) is 0 Å². The van der Waals surface area contributed by atoms with Crippen molar-refractivity contribution in [1.29, 1.82) is 0 Å². The minimum Gasteiger partial charge on any atom is -0.507 e. The van der Waals surface area contributed by atoms with Gasteiger partial charge in [-0.2, -0.15) is 0 Å². The minimum atomic E-state index is -0.195. The van der Waals surface area contributed by atoms with Crippen LogP contribution in [-0.4, -0.2) is 15.2 Å². The number of hydrogen-bond acceptors (Lipinski definition) is 4. The van der Waals surface area contributed by atoms with Crippen molar-refractivity contribution in [1.82, 2.24) is 4.98 Å². The van der Waals surface area contributed by atoms with E-state index < -0.39 is 0 Å². The summed E-state index contributed by atoms with van der Waals surface area (Å²) in [7, 11) is 0. The number of nitrogens with zero attached hydrogens (tertiary/aromatic N) is 1. The van der Waals surface area contributed by atoms with Gasteiger partial charge in [-0.25, -0.2) is 4.98 Å². The third-order valence-electron chi connectivity index (χ3n) is 9.30. The van der Waals surface area contributed by atoms with Crippen LogP contribution in [-0.2, 0) is 16.2 Å². The molecule has 1 heterocycles. The first-order chi connectivity index (χ1) is 23.0. The van der Waals surface area contributed by atoms with Gasteiger partial charge in [-0.15, -0.1) is 11.3 Å². The molecule has 49 heavy (non-hydrogen) atoms. The zero-order valence-electron chi connectivity index (χ0n) is 30.1. The van der Waals surface area contributed by atoms with Crippen molar-refractivity contribution in [2.75, 3.05) is 0 Å². The monoisotopic (exact) mass is 665 g/mol. The molecule has 0 saturated carbocycles. The fraction of sp³-hybridized carbons (Fsp3) is 0.267. The highest BCUT2D eigenvalue weighted by Gasteiger charge is 2.24. The maximum Gasteiger partial charge on any atom is 0.131 e. The van der Waals surface area contributed by atoms with E-state index in [9.17, 15) is 10.2 Å². The summed E-state index contributed by atoms with van der Waals surface area (Å²) in [5.41, 5.74) is 11.2. The summed E-state index contributed by atoms with van der Waals surface area (Å²) in [6, 6.07) is 35.1. The van der Waals surface area contributed by atoms with Crippen LogP contribution in [0.1, 0.15) is 79.0 Å². The smallest absolute Gasteiger partial charge is 0.131 e. The van der Waals surface area contributed by atoms with Crippen LogP contribution in [0.3, 0.4) is 0 Å². The standard InChI is InChI=1S/C45H47NO2S/c1-43(2,3)29-24-28(25-30(26-29)44(4,5)6)31-20-14-21-35(40(31)47)33-17-11-13-19-37(33)42-46-39(27-49-42)34-18-12-10-16-32(34)36-22-15-23-38(41(36)48)45(7,8)9/h10-27,47-48H,1-9H3. The summed E-state index contributed by atoms with van der Waals surface area (Å²) < 4.78 is 0. The Kier molecular flexibility index (Phi) is 8.83. The lowest BCUT2D eigenvalue weighted by Crippen LogP contribution is -2.16. The highest BCUT2D eigenvalue weighted by atomic mass is 32.1. The van der Waals surface area contributed by atoms with Gasteiger partial charge in [0, 0.05) is 33.2 Å². The molecule has 4 heteroatoms. The summed E-state index contributed by atoms with van der Waals surface area (Å²) in [6.45, 7) is 19.7. The van der Waals surface area contributed by atoms with Crippen molar-refractivity contribution in [3.63, 3.8) is 0 Å². The molecule has 0 atom stereocenters. The number of rotatable bonds is 5. The van der Waals surface area contributed by atoms with Crippen LogP contribution >= 0.6 is 11.3 Å². The molecule has 0 aliphatic heterocycles. The molecule has 0 aliphatic rings. The van der Waals surface area contributed by atoms with E-state index in [1.165, 1.54) is 11.1 Å². The van der Waals surface area contributed by atoms with Crippen molar-refractivity contribution in [3.8, 4) is 66.7 Å². The van der Waals surface area contributed by atoms with Gasteiger partial charge in [-0.3, -0.25) is 0 Å². The summed E-state index contributed by atoms with van der Waals surface area (Å²) in [4.78, 5) is 5.17. The second-order valence-electron chi connectivity index (χ2n) is 16.1. The van der Waals surface area contributed by atoms with E-state index in [4.69, 9.17) is 4.98 Å². The Morgan fingerprint density at radius 1 is 0.469 bits per heavy atom. The molecule has 0 bridgehead atoms. The molecule has 0 aliphatic carbocycles. The number of thiazole rings is 1. The summed E-state index contributed by atoms with van der Waals surface area (Å²) in [5.74, 6) is 0.568. The fourth-order valence-electron chi connectivity index (χ4n) is 6.38.